The van der Waals surface area contributed by atoms with Crippen molar-refractivity contribution in [2.45, 2.75) is 19.3 Å². The minimum Gasteiger partial charge on any atom is -0.153 e. The molecule has 0 spiro atoms. The molecule has 1 unspecified atom stereocenters. The smallest absolute Gasteiger partial charge is 0.0348 e. The van der Waals surface area contributed by atoms with Crippen LogP contribution >= 0.6 is 9.90 Å². The van der Waals surface area contributed by atoms with Crippen LogP contribution in [0.5, 0.6) is 0 Å². The summed E-state index contributed by atoms with van der Waals surface area (Å²) in [6.45, 7) is 0. The van der Waals surface area contributed by atoms with Gasteiger partial charge in [0.05, 0.1) is 0 Å². The lowest BCUT2D eigenvalue weighted by molar-refractivity contribution is 0.929. The maximum Gasteiger partial charge on any atom is -0.0348 e. The minimum absolute atomic E-state index is 0. The molecule has 1 heteroatoms. The van der Waals surface area contributed by atoms with Gasteiger partial charge in [-0.2, -0.15) is 9.90 Å². The second-order valence-electron chi connectivity index (χ2n) is 1.40. The Balaban J connectivity index is 0.000000250. The van der Waals surface area contributed by atoms with Crippen molar-refractivity contribution in [1.29, 1.82) is 0 Å². The molecule has 0 amide bonds. The molecule has 0 aromatic carbocycles. The quantitative estimate of drug-likeness (QED) is 0.323. The van der Waals surface area contributed by atoms with Crippen molar-refractivity contribution in [2.75, 3.05) is 0 Å². The van der Waals surface area contributed by atoms with Gasteiger partial charge in [-0.25, -0.2) is 0 Å². The molecule has 6 heavy (non-hydrogen) atoms. The summed E-state index contributed by atoms with van der Waals surface area (Å²) in [4.78, 5) is 0. The second-order valence-corrected chi connectivity index (χ2v) is 1.40. The van der Waals surface area contributed by atoms with Gasteiger partial charge in [0.15, 0.2) is 0 Å². The molecule has 0 bridgehead atoms. The van der Waals surface area contributed by atoms with Gasteiger partial charge in [0, 0.05) is 0 Å². The van der Waals surface area contributed by atoms with Crippen molar-refractivity contribution in [3.63, 3.8) is 0 Å². The number of hydrogen-bond donors (Lipinski definition) is 0. The van der Waals surface area contributed by atoms with Crippen LogP contribution < -0.4 is 0 Å². The molecule has 0 saturated heterocycles. The van der Waals surface area contributed by atoms with E-state index in [1.54, 1.807) is 0 Å². The Bertz CT molecular complexity index is 41.9. The summed E-state index contributed by atoms with van der Waals surface area (Å²) in [6, 6.07) is 0. The molecular formula is C5H11P. The summed E-state index contributed by atoms with van der Waals surface area (Å²) in [5, 5.41) is 0. The predicted molar refractivity (Wildman–Crippen MR) is 34.1 cm³/mol. The molecule has 0 aromatic rings. The van der Waals surface area contributed by atoms with Crippen LogP contribution in [-0.4, -0.2) is 0 Å². The van der Waals surface area contributed by atoms with Crippen molar-refractivity contribution < 1.29 is 0 Å². The molecule has 1 atom stereocenters. The van der Waals surface area contributed by atoms with Crippen molar-refractivity contribution in [2.24, 2.45) is 0 Å². The molecule has 0 aromatic heterocycles. The second kappa shape index (κ2) is 3.36. The lowest BCUT2D eigenvalue weighted by Gasteiger charge is -1.69. The van der Waals surface area contributed by atoms with Crippen LogP contribution in [0.15, 0.2) is 12.2 Å². The summed E-state index contributed by atoms with van der Waals surface area (Å²) in [5.74, 6) is 0. The Morgan fingerprint density at radius 3 is 1.67 bits per heavy atom. The molecule has 0 N–H and O–H groups in total. The summed E-state index contributed by atoms with van der Waals surface area (Å²) in [5.41, 5.74) is 0. The van der Waals surface area contributed by atoms with E-state index in [4.69, 9.17) is 0 Å². The number of rotatable bonds is 0. The first-order valence-corrected chi connectivity index (χ1v) is 2.15. The lowest BCUT2D eigenvalue weighted by Crippen LogP contribution is -1.50. The van der Waals surface area contributed by atoms with Gasteiger partial charge in [0.1, 0.15) is 0 Å². The minimum atomic E-state index is 0. The standard InChI is InChI=1S/C5H8.H3P/c1-2-4-5-3-1;/h1-2H,3-5H2;1H3. The zero-order valence-corrected chi connectivity index (χ0v) is 5.40. The van der Waals surface area contributed by atoms with Crippen LogP contribution in [0.4, 0.5) is 0 Å². The van der Waals surface area contributed by atoms with Crippen LogP contribution in [0.25, 0.3) is 0 Å². The lowest BCUT2D eigenvalue weighted by atomic mass is 10.4. The van der Waals surface area contributed by atoms with Gasteiger partial charge in [-0.1, -0.05) is 12.2 Å². The van der Waals surface area contributed by atoms with E-state index >= 15 is 0 Å². The van der Waals surface area contributed by atoms with Gasteiger partial charge in [-0.05, 0) is 19.3 Å². The Morgan fingerprint density at radius 2 is 1.50 bits per heavy atom. The van der Waals surface area contributed by atoms with Gasteiger partial charge >= 0.3 is 0 Å². The van der Waals surface area contributed by atoms with E-state index in [1.165, 1.54) is 19.3 Å². The van der Waals surface area contributed by atoms with E-state index in [0.29, 0.717) is 0 Å². The Morgan fingerprint density at radius 1 is 1.00 bits per heavy atom. The number of allylic oxidation sites excluding steroid dienone is 2. The topological polar surface area (TPSA) is 0 Å². The fraction of sp³-hybridized carbons (Fsp3) is 0.600. The van der Waals surface area contributed by atoms with Gasteiger partial charge in [0.2, 0.25) is 0 Å². The predicted octanol–water partition coefficient (Wildman–Crippen LogP) is 1.78. The van der Waals surface area contributed by atoms with Gasteiger partial charge in [0.25, 0.3) is 0 Å². The van der Waals surface area contributed by atoms with E-state index in [0.717, 1.165) is 0 Å². The van der Waals surface area contributed by atoms with Crippen LogP contribution in [0.2, 0.25) is 0 Å². The molecule has 36 valence electrons. The fourth-order valence-corrected chi connectivity index (χ4v) is 0.589. The first-order chi connectivity index (χ1) is 2.50. The van der Waals surface area contributed by atoms with Crippen molar-refractivity contribution in [3.05, 3.63) is 12.2 Å². The van der Waals surface area contributed by atoms with E-state index < -0.39 is 0 Å². The maximum absolute atomic E-state index is 2.24. The number of hydrogen-bond acceptors (Lipinski definition) is 0. The zero-order valence-electron chi connectivity index (χ0n) is 3.98. The highest BCUT2D eigenvalue weighted by Crippen LogP contribution is 2.05. The average molecular weight is 102 g/mol. The molecule has 1 aliphatic rings. The summed E-state index contributed by atoms with van der Waals surface area (Å²) >= 11 is 0. The summed E-state index contributed by atoms with van der Waals surface area (Å²) < 4.78 is 0. The van der Waals surface area contributed by atoms with E-state index in [-0.39, 0.29) is 9.90 Å². The van der Waals surface area contributed by atoms with Crippen molar-refractivity contribution in [1.82, 2.24) is 0 Å². The molecule has 0 nitrogen and oxygen atoms in total. The average Bonchev–Trinajstić information content (AvgIpc) is 1.76. The summed E-state index contributed by atoms with van der Waals surface area (Å²) in [7, 11) is 0. The van der Waals surface area contributed by atoms with Gasteiger partial charge in [-0.3, -0.25) is 0 Å². The van der Waals surface area contributed by atoms with Crippen LogP contribution in [0.3, 0.4) is 0 Å². The van der Waals surface area contributed by atoms with E-state index in [1.807, 2.05) is 0 Å². The first kappa shape index (κ1) is 6.17. The SMILES string of the molecule is C1=CCCC1.P. The van der Waals surface area contributed by atoms with Crippen LogP contribution in [-0.2, 0) is 0 Å². The van der Waals surface area contributed by atoms with E-state index in [9.17, 15) is 0 Å². The van der Waals surface area contributed by atoms with Crippen molar-refractivity contribution >= 4 is 9.90 Å². The summed E-state index contributed by atoms with van der Waals surface area (Å²) in [6.07, 6.45) is 8.50. The highest BCUT2D eigenvalue weighted by atomic mass is 31.0. The third-order valence-corrected chi connectivity index (χ3v) is 0.908. The Kier molecular flexibility index (Phi) is 3.46. The third-order valence-electron chi connectivity index (χ3n) is 0.908. The van der Waals surface area contributed by atoms with Crippen LogP contribution in [0, 0.1) is 0 Å². The van der Waals surface area contributed by atoms with E-state index in [2.05, 4.69) is 12.2 Å². The highest BCUT2D eigenvalue weighted by molar-refractivity contribution is 6.92. The van der Waals surface area contributed by atoms with Gasteiger partial charge < -0.3 is 0 Å². The monoisotopic (exact) mass is 102 g/mol. The first-order valence-electron chi connectivity index (χ1n) is 2.15. The Hall–Kier alpha value is 0.170. The fourth-order valence-electron chi connectivity index (χ4n) is 0.589. The largest absolute Gasteiger partial charge is 0.153 e. The molecule has 0 radical (unpaired) electrons. The molecule has 0 heterocycles. The molecule has 0 aliphatic heterocycles. The van der Waals surface area contributed by atoms with Crippen LogP contribution in [0.1, 0.15) is 19.3 Å². The molecular weight excluding hydrogens is 91.0 g/mol. The normalized spacial score (nSPS) is 17.3. The maximum atomic E-state index is 2.24. The highest BCUT2D eigenvalue weighted by Gasteiger charge is 1.84. The third kappa shape index (κ3) is 1.57. The molecule has 1 aliphatic carbocycles. The molecule has 0 saturated carbocycles. The van der Waals surface area contributed by atoms with Gasteiger partial charge in [-0.15, -0.1) is 0 Å². The molecule has 1 rings (SSSR count). The van der Waals surface area contributed by atoms with Crippen molar-refractivity contribution in [3.8, 4) is 0 Å². The zero-order chi connectivity index (χ0) is 3.54. The molecule has 0 fully saturated rings. The Labute approximate surface area is 42.3 Å².